The van der Waals surface area contributed by atoms with E-state index >= 15 is 0 Å². The molecule has 0 bridgehead atoms. The Labute approximate surface area is 296 Å². The minimum atomic E-state index is -0.190. The minimum Gasteiger partial charge on any atom is -0.455 e. The number of nitrogens with zero attached hydrogens (tertiary/aromatic N) is 1. The first-order valence-electron chi connectivity index (χ1n) is 15.9. The summed E-state index contributed by atoms with van der Waals surface area (Å²) in [6.07, 6.45) is 16.7. The SMILES string of the molecule is CCCCCC1OCC2OC(=O)Cc3cc(C)cc1c32.[CH3-].[K+].c1cc2c(nc1CCCCOC1CCCC1)NCCC2. The Balaban J connectivity index is 0.000000220. The molecule has 1 saturated carbocycles. The van der Waals surface area contributed by atoms with E-state index in [0.29, 0.717) is 19.1 Å². The fraction of sp³-hybridized carbons (Fsp3) is 0.629. The van der Waals surface area contributed by atoms with Crippen LogP contribution in [0.5, 0.6) is 0 Å². The molecule has 4 heterocycles. The summed E-state index contributed by atoms with van der Waals surface area (Å²) >= 11 is 0. The van der Waals surface area contributed by atoms with Crippen LogP contribution < -0.4 is 56.7 Å². The van der Waals surface area contributed by atoms with Gasteiger partial charge in [-0.2, -0.15) is 0 Å². The second-order valence-electron chi connectivity index (χ2n) is 12.0. The fourth-order valence-electron chi connectivity index (χ4n) is 6.57. The van der Waals surface area contributed by atoms with Crippen molar-refractivity contribution in [3.63, 3.8) is 0 Å². The van der Waals surface area contributed by atoms with Crippen LogP contribution in [0.2, 0.25) is 0 Å². The molecule has 1 aromatic carbocycles. The summed E-state index contributed by atoms with van der Waals surface area (Å²) in [5.74, 6) is 0.989. The summed E-state index contributed by atoms with van der Waals surface area (Å²) in [6.45, 7) is 6.80. The zero-order valence-electron chi connectivity index (χ0n) is 26.6. The summed E-state index contributed by atoms with van der Waals surface area (Å²) in [6, 6.07) is 8.78. The maximum absolute atomic E-state index is 11.7. The van der Waals surface area contributed by atoms with Crippen LogP contribution in [0.3, 0.4) is 0 Å². The Morgan fingerprint density at radius 1 is 1.05 bits per heavy atom. The van der Waals surface area contributed by atoms with Crippen molar-refractivity contribution in [1.29, 1.82) is 0 Å². The van der Waals surface area contributed by atoms with Gasteiger partial charge < -0.3 is 27.0 Å². The van der Waals surface area contributed by atoms with E-state index in [4.69, 9.17) is 19.2 Å². The summed E-state index contributed by atoms with van der Waals surface area (Å²) in [7, 11) is 0. The van der Waals surface area contributed by atoms with Gasteiger partial charge in [-0.3, -0.25) is 4.79 Å². The van der Waals surface area contributed by atoms with Crippen molar-refractivity contribution in [3.05, 3.63) is 65.2 Å². The van der Waals surface area contributed by atoms with Crippen molar-refractivity contribution < 1.29 is 70.4 Å². The number of unbranched alkanes of at least 4 members (excludes halogenated alkanes) is 3. The molecule has 7 heteroatoms. The largest absolute Gasteiger partial charge is 1.00 e. The first-order valence-corrected chi connectivity index (χ1v) is 15.9. The number of anilines is 1. The molecule has 1 aliphatic carbocycles. The van der Waals surface area contributed by atoms with Crippen LogP contribution in [0.1, 0.15) is 123 Å². The van der Waals surface area contributed by atoms with Gasteiger partial charge in [0.2, 0.25) is 0 Å². The van der Waals surface area contributed by atoms with Gasteiger partial charge in [-0.05, 0) is 81.0 Å². The average molecular weight is 603 g/mol. The number of carbonyl (C=O) groups excluding carboxylic acids is 1. The molecule has 0 radical (unpaired) electrons. The standard InChI is InChI=1S/C17H26N2O.C17H22O3.CH3.K/c1-2-9-16(8-1)20-13-4-3-7-15-11-10-14-6-5-12-18-17(14)19-15;1-3-4-5-6-14-13-8-11(2)7-12-9-16(18)20-15(10-19-14)17(12)13;;/h10-11,16H,1-9,12-13H2,(H,18,19);7-8,14-15H,3-6,9-10H2,1-2H3;1H3;/q;;-1;+1. The number of ether oxygens (including phenoxy) is 3. The molecule has 226 valence electrons. The minimum absolute atomic E-state index is 0. The number of hydrogen-bond acceptors (Lipinski definition) is 6. The number of esters is 1. The molecule has 3 aliphatic heterocycles. The summed E-state index contributed by atoms with van der Waals surface area (Å²) < 4.78 is 17.3. The van der Waals surface area contributed by atoms with E-state index in [1.165, 1.54) is 92.2 Å². The predicted molar refractivity (Wildman–Crippen MR) is 165 cm³/mol. The maximum atomic E-state index is 11.7. The summed E-state index contributed by atoms with van der Waals surface area (Å²) in [4.78, 5) is 16.4. The Morgan fingerprint density at radius 3 is 2.69 bits per heavy atom. The number of pyridine rings is 1. The topological polar surface area (TPSA) is 69.7 Å². The summed E-state index contributed by atoms with van der Waals surface area (Å²) in [5, 5.41) is 3.41. The number of rotatable bonds is 10. The second kappa shape index (κ2) is 18.2. The molecule has 42 heavy (non-hydrogen) atoms. The van der Waals surface area contributed by atoms with Gasteiger partial charge >= 0.3 is 57.4 Å². The Hall–Kier alpha value is -0.804. The van der Waals surface area contributed by atoms with Crippen molar-refractivity contribution in [1.82, 2.24) is 4.98 Å². The van der Waals surface area contributed by atoms with Crippen LogP contribution in [0.25, 0.3) is 0 Å². The number of hydrogen-bond donors (Lipinski definition) is 1. The van der Waals surface area contributed by atoms with E-state index in [-0.39, 0.29) is 77.0 Å². The quantitative estimate of drug-likeness (QED) is 0.179. The summed E-state index contributed by atoms with van der Waals surface area (Å²) in [5.41, 5.74) is 7.43. The van der Waals surface area contributed by atoms with Crippen LogP contribution in [-0.4, -0.2) is 36.8 Å². The fourth-order valence-corrected chi connectivity index (χ4v) is 6.57. The molecule has 6 rings (SSSR count). The maximum Gasteiger partial charge on any atom is 1.00 e. The molecule has 1 aromatic heterocycles. The van der Waals surface area contributed by atoms with Gasteiger partial charge in [0.05, 0.1) is 25.2 Å². The van der Waals surface area contributed by atoms with Crippen molar-refractivity contribution in [3.8, 4) is 0 Å². The molecular formula is C35H51KN2O4. The Morgan fingerprint density at radius 2 is 1.88 bits per heavy atom. The second-order valence-corrected chi connectivity index (χ2v) is 12.0. The first-order chi connectivity index (χ1) is 19.6. The van der Waals surface area contributed by atoms with E-state index < -0.39 is 0 Å². The molecule has 0 saturated heterocycles. The first kappa shape index (κ1) is 35.7. The van der Waals surface area contributed by atoms with Gasteiger partial charge in [-0.25, -0.2) is 4.98 Å². The van der Waals surface area contributed by atoms with Crippen molar-refractivity contribution in [2.45, 2.75) is 122 Å². The molecular weight excluding hydrogens is 551 g/mol. The third-order valence-electron chi connectivity index (χ3n) is 8.67. The average Bonchev–Trinajstić information content (AvgIpc) is 3.48. The smallest absolute Gasteiger partial charge is 0.455 e. The molecule has 2 atom stereocenters. The van der Waals surface area contributed by atoms with Gasteiger partial charge in [-0.15, -0.1) is 0 Å². The van der Waals surface area contributed by atoms with Gasteiger partial charge in [0.1, 0.15) is 5.82 Å². The van der Waals surface area contributed by atoms with Crippen LogP contribution in [0.15, 0.2) is 24.3 Å². The molecule has 2 aromatic rings. The van der Waals surface area contributed by atoms with Crippen molar-refractivity contribution in [2.24, 2.45) is 0 Å². The van der Waals surface area contributed by atoms with Crippen LogP contribution in [0, 0.1) is 14.4 Å². The van der Waals surface area contributed by atoms with Gasteiger partial charge in [-0.1, -0.05) is 62.8 Å². The predicted octanol–water partition coefficient (Wildman–Crippen LogP) is 4.96. The zero-order chi connectivity index (χ0) is 27.7. The van der Waals surface area contributed by atoms with Crippen LogP contribution >= 0.6 is 0 Å². The number of nitrogens with one attached hydrogen (secondary N) is 1. The normalized spacial score (nSPS) is 20.5. The molecule has 4 aliphatic rings. The van der Waals surface area contributed by atoms with Crippen LogP contribution in [0.4, 0.5) is 5.82 Å². The van der Waals surface area contributed by atoms with Gasteiger partial charge in [0.15, 0.2) is 6.10 Å². The van der Waals surface area contributed by atoms with Crippen LogP contribution in [-0.2, 0) is 38.3 Å². The Bertz CT molecular complexity index is 1130. The number of aryl methyl sites for hydroxylation is 3. The number of carbonyl (C=O) groups is 1. The molecule has 0 spiro atoms. The zero-order valence-corrected chi connectivity index (χ0v) is 29.8. The molecule has 6 nitrogen and oxygen atoms in total. The molecule has 1 N–H and O–H groups in total. The third kappa shape index (κ3) is 9.85. The monoisotopic (exact) mass is 602 g/mol. The number of fused-ring (bicyclic) bond motifs is 1. The van der Waals surface area contributed by atoms with E-state index in [1.807, 2.05) is 0 Å². The van der Waals surface area contributed by atoms with Gasteiger partial charge in [0.25, 0.3) is 0 Å². The van der Waals surface area contributed by atoms with E-state index in [2.05, 4.69) is 43.4 Å². The van der Waals surface area contributed by atoms with Crippen molar-refractivity contribution in [2.75, 3.05) is 25.1 Å². The van der Waals surface area contributed by atoms with E-state index in [1.54, 1.807) is 0 Å². The third-order valence-corrected chi connectivity index (χ3v) is 8.67. The van der Waals surface area contributed by atoms with E-state index in [0.717, 1.165) is 43.8 Å². The number of benzene rings is 1. The molecule has 1 fully saturated rings. The molecule has 0 amide bonds. The van der Waals surface area contributed by atoms with Gasteiger partial charge in [0, 0.05) is 24.4 Å². The Kier molecular flexibility index (Phi) is 15.5. The molecule has 2 unspecified atom stereocenters. The van der Waals surface area contributed by atoms with Crippen molar-refractivity contribution >= 4 is 11.8 Å². The number of aromatic nitrogens is 1. The van der Waals surface area contributed by atoms with E-state index in [9.17, 15) is 4.79 Å².